The average molecular weight is 419 g/mol. The predicted octanol–water partition coefficient (Wildman–Crippen LogP) is 2.63. The van der Waals surface area contributed by atoms with Gasteiger partial charge in [-0.1, -0.05) is 13.8 Å². The normalized spacial score (nSPS) is 15.9. The molecule has 1 amide bonds. The van der Waals surface area contributed by atoms with Crippen molar-refractivity contribution in [1.29, 1.82) is 0 Å². The number of carbonyl (C=O) groups is 1. The minimum absolute atomic E-state index is 0.0900. The molecule has 2 aliphatic rings. The molecule has 1 N–H and O–H groups in total. The third kappa shape index (κ3) is 4.76. The Bertz CT molecular complexity index is 840. The molecule has 0 aromatic carbocycles. The van der Waals surface area contributed by atoms with E-state index in [4.69, 9.17) is 16.3 Å². The first-order valence-electron chi connectivity index (χ1n) is 9.97. The van der Waals surface area contributed by atoms with Crippen LogP contribution in [0.1, 0.15) is 35.6 Å². The summed E-state index contributed by atoms with van der Waals surface area (Å²) in [5.41, 5.74) is 3.24. The second-order valence-electron chi connectivity index (χ2n) is 6.49. The van der Waals surface area contributed by atoms with Crippen molar-refractivity contribution in [3.05, 3.63) is 40.6 Å². The van der Waals surface area contributed by atoms with E-state index in [9.17, 15) is 4.79 Å². The Kier molecular flexibility index (Phi) is 7.22. The van der Waals surface area contributed by atoms with Gasteiger partial charge in [-0.2, -0.15) is 0 Å². The number of nitrogens with zero attached hydrogens (tertiary/aromatic N) is 5. The maximum Gasteiger partial charge on any atom is 0.272 e. The second kappa shape index (κ2) is 9.84. The highest BCUT2D eigenvalue weighted by atomic mass is 35.5. The number of rotatable bonds is 3. The fourth-order valence-electron chi connectivity index (χ4n) is 3.48. The molecule has 9 heteroatoms. The Labute approximate surface area is 176 Å². The molecule has 1 saturated heterocycles. The van der Waals surface area contributed by atoms with Crippen LogP contribution in [-0.4, -0.2) is 65.7 Å². The summed E-state index contributed by atoms with van der Waals surface area (Å²) in [5.74, 6) is 0.574. The van der Waals surface area contributed by atoms with Crippen molar-refractivity contribution in [1.82, 2.24) is 19.9 Å². The number of hydrogen-bond donors (Lipinski definition) is 1. The number of fused-ring (bicyclic) bond motifs is 1. The second-order valence-corrected chi connectivity index (χ2v) is 6.83. The van der Waals surface area contributed by atoms with E-state index >= 15 is 0 Å². The Balaban J connectivity index is 0.00000117. The van der Waals surface area contributed by atoms with Crippen molar-refractivity contribution >= 4 is 29.0 Å². The number of ether oxygens (including phenoxy) is 1. The summed E-state index contributed by atoms with van der Waals surface area (Å²) < 4.78 is 5.40. The quantitative estimate of drug-likeness (QED) is 0.767. The minimum Gasteiger partial charge on any atom is -0.378 e. The lowest BCUT2D eigenvalue weighted by molar-refractivity contribution is 0.0728. The van der Waals surface area contributed by atoms with E-state index in [1.807, 2.05) is 26.0 Å². The molecule has 0 radical (unpaired) electrons. The van der Waals surface area contributed by atoms with Gasteiger partial charge in [0.1, 0.15) is 11.5 Å². The van der Waals surface area contributed by atoms with Gasteiger partial charge in [0.2, 0.25) is 5.28 Å². The van der Waals surface area contributed by atoms with E-state index in [1.54, 1.807) is 18.1 Å². The predicted molar refractivity (Wildman–Crippen MR) is 114 cm³/mol. The zero-order valence-corrected chi connectivity index (χ0v) is 17.9. The SMILES string of the molecule is CC.CNc1nc(Cl)nc2c1CN(C(=O)c1cc(N3CCOCC3)ccn1)CC2. The Morgan fingerprint density at radius 1 is 1.21 bits per heavy atom. The van der Waals surface area contributed by atoms with Gasteiger partial charge in [-0.25, -0.2) is 9.97 Å². The molecular weight excluding hydrogens is 392 g/mol. The summed E-state index contributed by atoms with van der Waals surface area (Å²) in [5, 5.41) is 3.26. The Morgan fingerprint density at radius 3 is 2.69 bits per heavy atom. The van der Waals surface area contributed by atoms with Crippen LogP contribution < -0.4 is 10.2 Å². The van der Waals surface area contributed by atoms with Gasteiger partial charge in [0.05, 0.1) is 25.5 Å². The number of halogens is 1. The van der Waals surface area contributed by atoms with Crippen LogP contribution in [-0.2, 0) is 17.7 Å². The third-order valence-electron chi connectivity index (χ3n) is 4.90. The monoisotopic (exact) mass is 418 g/mol. The zero-order valence-electron chi connectivity index (χ0n) is 17.1. The zero-order chi connectivity index (χ0) is 20.8. The number of morpholine rings is 1. The van der Waals surface area contributed by atoms with Crippen LogP contribution in [0.5, 0.6) is 0 Å². The van der Waals surface area contributed by atoms with E-state index in [0.29, 0.717) is 44.2 Å². The van der Waals surface area contributed by atoms with Crippen molar-refractivity contribution in [2.24, 2.45) is 0 Å². The molecular formula is C20H27ClN6O2. The first-order chi connectivity index (χ1) is 14.2. The molecule has 156 valence electrons. The average Bonchev–Trinajstić information content (AvgIpc) is 2.79. The summed E-state index contributed by atoms with van der Waals surface area (Å²) in [6.07, 6.45) is 2.33. The van der Waals surface area contributed by atoms with Gasteiger partial charge in [-0.3, -0.25) is 9.78 Å². The van der Waals surface area contributed by atoms with Crippen LogP contribution in [0.4, 0.5) is 11.5 Å². The lowest BCUT2D eigenvalue weighted by Gasteiger charge is -2.30. The van der Waals surface area contributed by atoms with Gasteiger partial charge in [-0.05, 0) is 23.7 Å². The van der Waals surface area contributed by atoms with Crippen molar-refractivity contribution in [2.75, 3.05) is 50.1 Å². The first-order valence-corrected chi connectivity index (χ1v) is 10.3. The summed E-state index contributed by atoms with van der Waals surface area (Å²) in [6, 6.07) is 3.79. The van der Waals surface area contributed by atoms with Crippen LogP contribution in [0.3, 0.4) is 0 Å². The van der Waals surface area contributed by atoms with E-state index in [0.717, 1.165) is 30.0 Å². The van der Waals surface area contributed by atoms with Crippen molar-refractivity contribution in [3.63, 3.8) is 0 Å². The van der Waals surface area contributed by atoms with Crippen molar-refractivity contribution in [2.45, 2.75) is 26.8 Å². The molecule has 0 unspecified atom stereocenters. The highest BCUT2D eigenvalue weighted by Crippen LogP contribution is 2.26. The molecule has 4 rings (SSSR count). The largest absolute Gasteiger partial charge is 0.378 e. The number of pyridine rings is 1. The van der Waals surface area contributed by atoms with E-state index in [-0.39, 0.29) is 11.2 Å². The van der Waals surface area contributed by atoms with Crippen molar-refractivity contribution in [3.8, 4) is 0 Å². The van der Waals surface area contributed by atoms with Gasteiger partial charge >= 0.3 is 0 Å². The topological polar surface area (TPSA) is 83.5 Å². The Morgan fingerprint density at radius 2 is 1.97 bits per heavy atom. The van der Waals surface area contributed by atoms with E-state index < -0.39 is 0 Å². The molecule has 0 atom stereocenters. The molecule has 2 aromatic rings. The molecule has 29 heavy (non-hydrogen) atoms. The molecule has 0 bridgehead atoms. The smallest absolute Gasteiger partial charge is 0.272 e. The van der Waals surface area contributed by atoms with Crippen LogP contribution in [0.15, 0.2) is 18.3 Å². The van der Waals surface area contributed by atoms with Crippen molar-refractivity contribution < 1.29 is 9.53 Å². The summed E-state index contributed by atoms with van der Waals surface area (Å²) >= 11 is 5.98. The molecule has 2 aliphatic heterocycles. The molecule has 4 heterocycles. The Hall–Kier alpha value is -2.45. The summed E-state index contributed by atoms with van der Waals surface area (Å²) in [4.78, 5) is 29.9. The van der Waals surface area contributed by atoms with E-state index in [2.05, 4.69) is 25.2 Å². The number of hydrogen-bond acceptors (Lipinski definition) is 7. The molecule has 0 saturated carbocycles. The highest BCUT2D eigenvalue weighted by molar-refractivity contribution is 6.28. The number of aromatic nitrogens is 3. The fourth-order valence-corrected chi connectivity index (χ4v) is 3.67. The van der Waals surface area contributed by atoms with Crippen LogP contribution in [0, 0.1) is 0 Å². The van der Waals surface area contributed by atoms with Gasteiger partial charge in [0.15, 0.2) is 0 Å². The standard InChI is InChI=1S/C18H21ClN6O2.C2H6/c1-20-16-13-11-25(5-3-14(13)22-18(19)23-16)17(26)15-10-12(2-4-21-15)24-6-8-27-9-7-24;1-2/h2,4,10H,3,5-9,11H2,1H3,(H,20,22,23);1-2H3. The maximum atomic E-state index is 13.0. The van der Waals surface area contributed by atoms with Gasteiger partial charge in [-0.15, -0.1) is 0 Å². The lowest BCUT2D eigenvalue weighted by Crippen LogP contribution is -2.38. The number of anilines is 2. The molecule has 0 spiro atoms. The molecule has 1 fully saturated rings. The minimum atomic E-state index is -0.0900. The number of amides is 1. The first kappa shape index (κ1) is 21.3. The summed E-state index contributed by atoms with van der Waals surface area (Å²) in [6.45, 7) is 8.04. The van der Waals surface area contributed by atoms with Gasteiger partial charge in [0, 0.05) is 50.6 Å². The van der Waals surface area contributed by atoms with Crippen LogP contribution in [0.25, 0.3) is 0 Å². The lowest BCUT2D eigenvalue weighted by atomic mass is 10.1. The van der Waals surface area contributed by atoms with Gasteiger partial charge in [0.25, 0.3) is 5.91 Å². The van der Waals surface area contributed by atoms with E-state index in [1.165, 1.54) is 0 Å². The molecule has 0 aliphatic carbocycles. The molecule has 8 nitrogen and oxygen atoms in total. The molecule has 2 aromatic heterocycles. The maximum absolute atomic E-state index is 13.0. The van der Waals surface area contributed by atoms with Crippen LogP contribution >= 0.6 is 11.6 Å². The number of nitrogens with one attached hydrogen (secondary N) is 1. The fraction of sp³-hybridized carbons (Fsp3) is 0.500. The summed E-state index contributed by atoms with van der Waals surface area (Å²) in [7, 11) is 1.78. The van der Waals surface area contributed by atoms with Crippen LogP contribution in [0.2, 0.25) is 5.28 Å². The van der Waals surface area contributed by atoms with Gasteiger partial charge < -0.3 is 19.9 Å². The third-order valence-corrected chi connectivity index (χ3v) is 5.06. The highest BCUT2D eigenvalue weighted by Gasteiger charge is 2.27. The number of carbonyl (C=O) groups excluding carboxylic acids is 1.